The van der Waals surface area contributed by atoms with E-state index in [1.807, 2.05) is 80.6 Å². The van der Waals surface area contributed by atoms with Crippen molar-refractivity contribution in [2.45, 2.75) is 25.3 Å². The van der Waals surface area contributed by atoms with Gasteiger partial charge in [-0.25, -0.2) is 4.98 Å². The van der Waals surface area contributed by atoms with Gasteiger partial charge in [-0.3, -0.25) is 4.79 Å². The highest BCUT2D eigenvalue weighted by molar-refractivity contribution is 8.00. The summed E-state index contributed by atoms with van der Waals surface area (Å²) in [6.07, 6.45) is 0.654. The Labute approximate surface area is 215 Å². The van der Waals surface area contributed by atoms with Crippen molar-refractivity contribution in [1.82, 2.24) is 9.97 Å². The summed E-state index contributed by atoms with van der Waals surface area (Å²) in [5.74, 6) is 2.98. The number of ether oxygens (including phenoxy) is 2. The Kier molecular flexibility index (Phi) is 6.91. The van der Waals surface area contributed by atoms with Crippen LogP contribution < -0.4 is 14.4 Å². The number of anilines is 1. The Bertz CT molecular complexity index is 1390. The summed E-state index contributed by atoms with van der Waals surface area (Å²) < 4.78 is 11.9. The lowest BCUT2D eigenvalue weighted by atomic mass is 10.0. The van der Waals surface area contributed by atoms with Gasteiger partial charge in [0.1, 0.15) is 16.5 Å². The van der Waals surface area contributed by atoms with Gasteiger partial charge in [-0.05, 0) is 61.4 Å². The molecule has 0 saturated carbocycles. The zero-order valence-corrected chi connectivity index (χ0v) is 21.3. The van der Waals surface area contributed by atoms with E-state index in [1.54, 1.807) is 11.9 Å². The molecular formula is C29H27N3O3S. The van der Waals surface area contributed by atoms with Crippen LogP contribution in [0.25, 0.3) is 11.4 Å². The molecule has 2 heterocycles. The first-order valence-corrected chi connectivity index (χ1v) is 12.9. The highest BCUT2D eigenvalue weighted by Crippen LogP contribution is 2.42. The van der Waals surface area contributed by atoms with Crippen molar-refractivity contribution in [2.24, 2.45) is 0 Å². The zero-order valence-electron chi connectivity index (χ0n) is 20.5. The second-order valence-electron chi connectivity index (χ2n) is 8.51. The lowest BCUT2D eigenvalue weighted by Crippen LogP contribution is -2.28. The molecule has 0 unspecified atom stereocenters. The maximum atomic E-state index is 13.0. The molecule has 4 aromatic rings. The molecule has 0 radical (unpaired) electrons. The number of aromatic nitrogens is 2. The molecule has 0 atom stereocenters. The molecule has 0 N–H and O–H groups in total. The van der Waals surface area contributed by atoms with Crippen LogP contribution in [0.2, 0.25) is 0 Å². The Morgan fingerprint density at radius 3 is 2.56 bits per heavy atom. The number of hydrogen-bond donors (Lipinski definition) is 0. The Hall–Kier alpha value is -3.84. The molecule has 5 rings (SSSR count). The predicted octanol–water partition coefficient (Wildman–Crippen LogP) is 6.30. The van der Waals surface area contributed by atoms with Crippen molar-refractivity contribution >= 4 is 23.4 Å². The topological polar surface area (TPSA) is 64.5 Å². The van der Waals surface area contributed by atoms with E-state index in [4.69, 9.17) is 19.4 Å². The average Bonchev–Trinajstić information content (AvgIpc) is 2.91. The summed E-state index contributed by atoms with van der Waals surface area (Å²) in [6, 6.07) is 23.5. The van der Waals surface area contributed by atoms with Crippen LogP contribution in [-0.4, -0.2) is 35.3 Å². The van der Waals surface area contributed by atoms with Crippen LogP contribution in [0, 0.1) is 6.92 Å². The number of hydrogen-bond acceptors (Lipinski definition) is 6. The van der Waals surface area contributed by atoms with Gasteiger partial charge in [-0.1, -0.05) is 48.2 Å². The summed E-state index contributed by atoms with van der Waals surface area (Å²) >= 11 is 1.42. The van der Waals surface area contributed by atoms with E-state index >= 15 is 0 Å². The maximum absolute atomic E-state index is 13.0. The van der Waals surface area contributed by atoms with E-state index in [0.29, 0.717) is 24.7 Å². The molecule has 0 fully saturated rings. The van der Waals surface area contributed by atoms with Gasteiger partial charge >= 0.3 is 0 Å². The van der Waals surface area contributed by atoms with Crippen LogP contribution in [-0.2, 0) is 11.2 Å². The number of benzene rings is 3. The minimum Gasteiger partial charge on any atom is -0.494 e. The molecule has 1 aliphatic heterocycles. The van der Waals surface area contributed by atoms with Gasteiger partial charge in [0.15, 0.2) is 5.82 Å². The molecular weight excluding hydrogens is 470 g/mol. The SMILES string of the molecule is CCOc1ccc(-c2nc3c(c(SCC(=O)N(C)c4ccccc4)n2)Cc2cccc(C)c2O3)cc1. The average molecular weight is 498 g/mol. The van der Waals surface area contributed by atoms with Crippen LogP contribution in [0.4, 0.5) is 5.69 Å². The second kappa shape index (κ2) is 10.4. The number of carbonyl (C=O) groups is 1. The number of rotatable bonds is 7. The summed E-state index contributed by atoms with van der Waals surface area (Å²) in [5, 5.41) is 0.755. The summed E-state index contributed by atoms with van der Waals surface area (Å²) in [7, 11) is 1.79. The molecule has 0 bridgehead atoms. The van der Waals surface area contributed by atoms with Crippen LogP contribution in [0.15, 0.2) is 77.8 Å². The van der Waals surface area contributed by atoms with Crippen LogP contribution >= 0.6 is 11.8 Å². The molecule has 0 spiro atoms. The fraction of sp³-hybridized carbons (Fsp3) is 0.207. The van der Waals surface area contributed by atoms with Gasteiger partial charge in [0, 0.05) is 24.7 Å². The molecule has 1 aliphatic rings. The van der Waals surface area contributed by atoms with Crippen molar-refractivity contribution in [3.05, 3.63) is 89.5 Å². The second-order valence-corrected chi connectivity index (χ2v) is 9.48. The first kappa shape index (κ1) is 23.9. The summed E-state index contributed by atoms with van der Waals surface area (Å²) in [5.41, 5.74) is 4.77. The number of fused-ring (bicyclic) bond motifs is 2. The van der Waals surface area contributed by atoms with E-state index in [2.05, 4.69) is 6.07 Å². The van der Waals surface area contributed by atoms with Gasteiger partial charge in [0.25, 0.3) is 0 Å². The van der Waals surface area contributed by atoms with Crippen molar-refractivity contribution in [1.29, 1.82) is 0 Å². The van der Waals surface area contributed by atoms with E-state index in [0.717, 1.165) is 44.5 Å². The van der Waals surface area contributed by atoms with Crippen molar-refractivity contribution in [2.75, 3.05) is 24.3 Å². The fourth-order valence-corrected chi connectivity index (χ4v) is 5.04. The number of thioether (sulfide) groups is 1. The fourth-order valence-electron chi connectivity index (χ4n) is 4.10. The third-order valence-electron chi connectivity index (χ3n) is 6.06. The first-order valence-electron chi connectivity index (χ1n) is 11.9. The monoisotopic (exact) mass is 497 g/mol. The van der Waals surface area contributed by atoms with Gasteiger partial charge in [-0.15, -0.1) is 0 Å². The maximum Gasteiger partial charge on any atom is 0.237 e. The molecule has 36 heavy (non-hydrogen) atoms. The number of carbonyl (C=O) groups excluding carboxylic acids is 1. The summed E-state index contributed by atoms with van der Waals surface area (Å²) in [4.78, 5) is 24.3. The molecule has 3 aromatic carbocycles. The number of para-hydroxylation sites is 2. The van der Waals surface area contributed by atoms with Crippen LogP contribution in [0.5, 0.6) is 17.4 Å². The van der Waals surface area contributed by atoms with Gasteiger partial charge in [-0.2, -0.15) is 4.98 Å². The first-order chi connectivity index (χ1) is 17.5. The standard InChI is InChI=1S/C29H27N3O3S/c1-4-34-23-15-13-20(14-16-23)27-30-28-24(17-21-10-8-9-19(2)26(21)35-28)29(31-27)36-18-25(33)32(3)22-11-6-5-7-12-22/h5-16H,4,17-18H2,1-3H3. The molecule has 0 saturated heterocycles. The van der Waals surface area contributed by atoms with Crippen molar-refractivity contribution in [3.63, 3.8) is 0 Å². The minimum absolute atomic E-state index is 0.00541. The van der Waals surface area contributed by atoms with E-state index in [1.165, 1.54) is 11.8 Å². The number of amides is 1. The lowest BCUT2D eigenvalue weighted by molar-refractivity contribution is -0.115. The smallest absolute Gasteiger partial charge is 0.237 e. The van der Waals surface area contributed by atoms with Gasteiger partial charge in [0.2, 0.25) is 11.8 Å². The third kappa shape index (κ3) is 4.93. The van der Waals surface area contributed by atoms with Crippen molar-refractivity contribution < 1.29 is 14.3 Å². The molecule has 1 aromatic heterocycles. The van der Waals surface area contributed by atoms with Gasteiger partial charge in [0.05, 0.1) is 17.9 Å². The van der Waals surface area contributed by atoms with Gasteiger partial charge < -0.3 is 14.4 Å². The Morgan fingerprint density at radius 2 is 1.81 bits per heavy atom. The van der Waals surface area contributed by atoms with E-state index in [9.17, 15) is 4.79 Å². The Balaban J connectivity index is 1.47. The van der Waals surface area contributed by atoms with Crippen LogP contribution in [0.1, 0.15) is 23.6 Å². The minimum atomic E-state index is -0.00541. The lowest BCUT2D eigenvalue weighted by Gasteiger charge is -2.23. The molecule has 6 nitrogen and oxygen atoms in total. The quantitative estimate of drug-likeness (QED) is 0.194. The van der Waals surface area contributed by atoms with Crippen molar-refractivity contribution in [3.8, 4) is 28.8 Å². The highest BCUT2D eigenvalue weighted by Gasteiger charge is 2.26. The number of nitrogens with zero attached hydrogens (tertiary/aromatic N) is 3. The predicted molar refractivity (Wildman–Crippen MR) is 143 cm³/mol. The molecule has 7 heteroatoms. The molecule has 1 amide bonds. The highest BCUT2D eigenvalue weighted by atomic mass is 32.2. The third-order valence-corrected chi connectivity index (χ3v) is 7.07. The normalized spacial score (nSPS) is 11.8. The molecule has 182 valence electrons. The van der Waals surface area contributed by atoms with Crippen LogP contribution in [0.3, 0.4) is 0 Å². The van der Waals surface area contributed by atoms with E-state index < -0.39 is 0 Å². The largest absolute Gasteiger partial charge is 0.494 e. The zero-order chi connectivity index (χ0) is 25.1. The number of aryl methyl sites for hydroxylation is 1. The molecule has 0 aliphatic carbocycles. The summed E-state index contributed by atoms with van der Waals surface area (Å²) in [6.45, 7) is 4.59. The Morgan fingerprint density at radius 1 is 1.03 bits per heavy atom. The van der Waals surface area contributed by atoms with E-state index in [-0.39, 0.29) is 11.7 Å².